The van der Waals surface area contributed by atoms with Crippen LogP contribution in [0.3, 0.4) is 0 Å². The number of thiophene rings is 1. The second kappa shape index (κ2) is 8.90. The lowest BCUT2D eigenvalue weighted by molar-refractivity contribution is -0.115. The molecule has 0 saturated carbocycles. The van der Waals surface area contributed by atoms with Crippen LogP contribution in [0.5, 0.6) is 5.75 Å². The molecule has 28 heavy (non-hydrogen) atoms. The number of amides is 1. The molecule has 0 saturated heterocycles. The van der Waals surface area contributed by atoms with Gasteiger partial charge >= 0.3 is 0 Å². The van der Waals surface area contributed by atoms with Gasteiger partial charge in [-0.25, -0.2) is 8.42 Å². The number of ether oxygens (including phenoxy) is 1. The summed E-state index contributed by atoms with van der Waals surface area (Å²) in [6, 6.07) is 16.5. The molecule has 3 aromatic rings. The number of hydrogen-bond acceptors (Lipinski definition) is 5. The largest absolute Gasteiger partial charge is 0.494 e. The van der Waals surface area contributed by atoms with E-state index < -0.39 is 10.0 Å². The summed E-state index contributed by atoms with van der Waals surface area (Å²) >= 11 is 1.52. The third-order valence-electron chi connectivity index (χ3n) is 3.78. The minimum absolute atomic E-state index is 0.109. The first-order valence-electron chi connectivity index (χ1n) is 8.64. The molecular weight excluding hydrogens is 396 g/mol. The molecule has 8 heteroatoms. The average molecular weight is 417 g/mol. The zero-order chi connectivity index (χ0) is 20.0. The van der Waals surface area contributed by atoms with Crippen LogP contribution in [0.25, 0.3) is 0 Å². The van der Waals surface area contributed by atoms with Crippen molar-refractivity contribution in [3.8, 4) is 5.75 Å². The van der Waals surface area contributed by atoms with Crippen LogP contribution in [-0.4, -0.2) is 20.9 Å². The number of carbonyl (C=O) groups excluding carboxylic acids is 1. The van der Waals surface area contributed by atoms with Gasteiger partial charge in [-0.1, -0.05) is 6.07 Å². The molecule has 3 rings (SSSR count). The van der Waals surface area contributed by atoms with Gasteiger partial charge in [0.1, 0.15) is 5.75 Å². The van der Waals surface area contributed by atoms with Gasteiger partial charge in [0.05, 0.1) is 17.9 Å². The van der Waals surface area contributed by atoms with Gasteiger partial charge < -0.3 is 10.1 Å². The normalized spacial score (nSPS) is 11.0. The van der Waals surface area contributed by atoms with Crippen molar-refractivity contribution in [3.05, 3.63) is 70.9 Å². The van der Waals surface area contributed by atoms with Crippen LogP contribution in [-0.2, 0) is 21.2 Å². The minimum atomic E-state index is -3.73. The first-order chi connectivity index (χ1) is 13.5. The molecule has 6 nitrogen and oxygen atoms in total. The van der Waals surface area contributed by atoms with Gasteiger partial charge in [-0.05, 0) is 66.9 Å². The second-order valence-corrected chi connectivity index (χ2v) is 8.61. The lowest BCUT2D eigenvalue weighted by Crippen LogP contribution is -2.15. The molecule has 0 atom stereocenters. The summed E-state index contributed by atoms with van der Waals surface area (Å²) in [5.74, 6) is 0.527. The molecule has 0 unspecified atom stereocenters. The highest BCUT2D eigenvalue weighted by atomic mass is 32.2. The Morgan fingerprint density at radius 1 is 1.00 bits per heavy atom. The molecule has 2 aromatic carbocycles. The van der Waals surface area contributed by atoms with Crippen molar-refractivity contribution in [2.75, 3.05) is 16.6 Å². The van der Waals surface area contributed by atoms with Crippen molar-refractivity contribution in [2.24, 2.45) is 0 Å². The summed E-state index contributed by atoms with van der Waals surface area (Å²) in [7, 11) is -3.73. The Balaban J connectivity index is 1.63. The van der Waals surface area contributed by atoms with E-state index in [-0.39, 0.29) is 17.2 Å². The molecule has 0 radical (unpaired) electrons. The fourth-order valence-electron chi connectivity index (χ4n) is 2.49. The number of hydrogen-bond donors (Lipinski definition) is 2. The predicted octanol–water partition coefficient (Wildman–Crippen LogP) is 4.13. The Bertz CT molecular complexity index is 1010. The lowest BCUT2D eigenvalue weighted by atomic mass is 10.3. The van der Waals surface area contributed by atoms with Crippen LogP contribution in [0.1, 0.15) is 11.8 Å². The molecule has 0 aliphatic carbocycles. The molecule has 2 N–H and O–H groups in total. The highest BCUT2D eigenvalue weighted by Crippen LogP contribution is 2.21. The number of carbonyl (C=O) groups is 1. The maximum Gasteiger partial charge on any atom is 0.261 e. The van der Waals surface area contributed by atoms with Crippen molar-refractivity contribution >= 4 is 38.6 Å². The fourth-order valence-corrected chi connectivity index (χ4v) is 4.26. The molecule has 0 aliphatic heterocycles. The maximum atomic E-state index is 12.5. The third kappa shape index (κ3) is 5.34. The molecule has 1 aromatic heterocycles. The van der Waals surface area contributed by atoms with Crippen LogP contribution >= 0.6 is 11.3 Å². The zero-order valence-electron chi connectivity index (χ0n) is 15.2. The van der Waals surface area contributed by atoms with E-state index in [0.29, 0.717) is 23.7 Å². The lowest BCUT2D eigenvalue weighted by Gasteiger charge is -2.10. The molecule has 1 amide bonds. The summed E-state index contributed by atoms with van der Waals surface area (Å²) in [6.07, 6.45) is 0.289. The second-order valence-electron chi connectivity index (χ2n) is 5.89. The summed E-state index contributed by atoms with van der Waals surface area (Å²) < 4.78 is 32.9. The first kappa shape index (κ1) is 19.9. The van der Waals surface area contributed by atoms with E-state index in [9.17, 15) is 13.2 Å². The molecule has 146 valence electrons. The quantitative estimate of drug-likeness (QED) is 0.578. The van der Waals surface area contributed by atoms with Gasteiger partial charge in [0.2, 0.25) is 5.91 Å². The van der Waals surface area contributed by atoms with Crippen LogP contribution < -0.4 is 14.8 Å². The van der Waals surface area contributed by atoms with Crippen LogP contribution in [0.15, 0.2) is 70.9 Å². The molecule has 0 spiro atoms. The fraction of sp³-hybridized carbons (Fsp3) is 0.150. The van der Waals surface area contributed by atoms with Crippen molar-refractivity contribution in [2.45, 2.75) is 18.2 Å². The topological polar surface area (TPSA) is 84.5 Å². The van der Waals surface area contributed by atoms with Crippen molar-refractivity contribution in [3.63, 3.8) is 0 Å². The first-order valence-corrected chi connectivity index (χ1v) is 11.0. The Labute approximate surface area is 168 Å². The number of nitrogens with one attached hydrogen (secondary N) is 2. The highest BCUT2D eigenvalue weighted by Gasteiger charge is 2.14. The van der Waals surface area contributed by atoms with Gasteiger partial charge in [-0.15, -0.1) is 11.3 Å². The minimum Gasteiger partial charge on any atom is -0.494 e. The van der Waals surface area contributed by atoms with E-state index in [2.05, 4.69) is 10.0 Å². The molecule has 1 heterocycles. The molecular formula is C20H20N2O4S2. The van der Waals surface area contributed by atoms with Gasteiger partial charge in [-0.2, -0.15) is 0 Å². The van der Waals surface area contributed by atoms with Crippen molar-refractivity contribution in [1.29, 1.82) is 0 Å². The van der Waals surface area contributed by atoms with Gasteiger partial charge in [0.25, 0.3) is 10.0 Å². The number of benzene rings is 2. The van der Waals surface area contributed by atoms with E-state index in [0.717, 1.165) is 4.88 Å². The number of rotatable bonds is 8. The Morgan fingerprint density at radius 3 is 2.29 bits per heavy atom. The summed E-state index contributed by atoms with van der Waals surface area (Å²) in [6.45, 7) is 2.42. The summed E-state index contributed by atoms with van der Waals surface area (Å²) in [5, 5.41) is 4.68. The molecule has 0 aliphatic rings. The van der Waals surface area contributed by atoms with E-state index in [1.807, 2.05) is 24.4 Å². The Kier molecular flexibility index (Phi) is 6.33. The Hall–Kier alpha value is -2.84. The van der Waals surface area contributed by atoms with E-state index in [1.54, 1.807) is 36.4 Å². The van der Waals surface area contributed by atoms with Crippen molar-refractivity contribution < 1.29 is 17.9 Å². The number of sulfonamides is 1. The highest BCUT2D eigenvalue weighted by molar-refractivity contribution is 7.92. The van der Waals surface area contributed by atoms with E-state index in [1.165, 1.54) is 23.5 Å². The zero-order valence-corrected chi connectivity index (χ0v) is 16.8. The van der Waals surface area contributed by atoms with E-state index in [4.69, 9.17) is 4.74 Å². The molecule has 0 bridgehead atoms. The average Bonchev–Trinajstić information content (AvgIpc) is 3.16. The van der Waals surface area contributed by atoms with Gasteiger partial charge in [0.15, 0.2) is 0 Å². The monoisotopic (exact) mass is 416 g/mol. The van der Waals surface area contributed by atoms with Gasteiger partial charge in [0, 0.05) is 16.3 Å². The standard InChI is InChI=1S/C20H20N2O4S2/c1-2-26-17-9-5-16(6-10-17)22-28(24,25)19-11-7-15(8-12-19)21-20(23)14-18-4-3-13-27-18/h3-13,22H,2,14H2,1H3,(H,21,23). The van der Waals surface area contributed by atoms with Crippen molar-refractivity contribution in [1.82, 2.24) is 0 Å². The number of anilines is 2. The third-order valence-corrected chi connectivity index (χ3v) is 6.05. The summed E-state index contributed by atoms with van der Waals surface area (Å²) in [4.78, 5) is 13.1. The summed E-state index contributed by atoms with van der Waals surface area (Å²) in [5.41, 5.74) is 0.985. The van der Waals surface area contributed by atoms with Gasteiger partial charge in [-0.3, -0.25) is 9.52 Å². The Morgan fingerprint density at radius 2 is 1.68 bits per heavy atom. The van der Waals surface area contributed by atoms with Crippen LogP contribution in [0.4, 0.5) is 11.4 Å². The maximum absolute atomic E-state index is 12.5. The smallest absolute Gasteiger partial charge is 0.261 e. The van der Waals surface area contributed by atoms with Crippen LogP contribution in [0.2, 0.25) is 0 Å². The van der Waals surface area contributed by atoms with E-state index >= 15 is 0 Å². The van der Waals surface area contributed by atoms with Crippen LogP contribution in [0, 0.1) is 0 Å². The molecule has 0 fully saturated rings. The SMILES string of the molecule is CCOc1ccc(NS(=O)(=O)c2ccc(NC(=O)Cc3cccs3)cc2)cc1. The predicted molar refractivity (Wildman–Crippen MR) is 112 cm³/mol.